The van der Waals surface area contributed by atoms with E-state index in [-0.39, 0.29) is 0 Å². The van der Waals surface area contributed by atoms with Gasteiger partial charge < -0.3 is 5.11 Å². The molecule has 0 atom stereocenters. The number of carboxylic acid groups (broad SMARTS) is 1. The molecule has 0 aliphatic heterocycles. The fourth-order valence-electron chi connectivity index (χ4n) is 0.497. The molecule has 0 bridgehead atoms. The van der Waals surface area contributed by atoms with Crippen LogP contribution in [-0.4, -0.2) is 11.1 Å². The molecule has 0 radical (unpaired) electrons. The van der Waals surface area contributed by atoms with Crippen molar-refractivity contribution < 1.29 is 14.6 Å². The van der Waals surface area contributed by atoms with Gasteiger partial charge in [-0.15, -0.1) is 13.2 Å². The third-order valence-electron chi connectivity index (χ3n) is 1.13. The number of hydrogen-bond acceptors (Lipinski definition) is 1. The number of unbranched alkanes of at least 4 members (excludes halogenated alkanes) is 1. The van der Waals surface area contributed by atoms with E-state index in [1.807, 2.05) is 6.92 Å². The molecule has 0 amide bonds. The van der Waals surface area contributed by atoms with E-state index in [4.69, 9.17) is 9.76 Å². The Labute approximate surface area is 79.5 Å². The third kappa shape index (κ3) is 18.0. The number of carbonyl (C=O) groups is 1. The number of aliphatic carboxylic acids is 1. The Morgan fingerprint density at radius 1 is 1.46 bits per heavy atom. The van der Waals surface area contributed by atoms with Gasteiger partial charge in [-0.3, -0.25) is 0 Å². The molecule has 13 heavy (non-hydrogen) atoms. The van der Waals surface area contributed by atoms with E-state index in [9.17, 15) is 4.79 Å². The molecular weight excluding hydrogens is 168 g/mol. The van der Waals surface area contributed by atoms with Gasteiger partial charge in [-0.05, 0) is 12.8 Å². The molecule has 0 aliphatic carbocycles. The molecule has 1 N–H and O–H groups in total. The third-order valence-corrected chi connectivity index (χ3v) is 1.13. The van der Waals surface area contributed by atoms with Crippen molar-refractivity contribution in [3.05, 3.63) is 32.0 Å². The summed E-state index contributed by atoms with van der Waals surface area (Å²) < 4.78 is 7.50. The van der Waals surface area contributed by atoms with Gasteiger partial charge in [0.25, 0.3) is 0 Å². The van der Waals surface area contributed by atoms with Crippen LogP contribution in [0, 0.1) is 6.65 Å². The molecule has 3 nitrogen and oxygen atoms in total. The van der Waals surface area contributed by atoms with Crippen LogP contribution >= 0.6 is 0 Å². The number of rotatable bonds is 4. The first-order chi connectivity index (χ1) is 6.18. The van der Waals surface area contributed by atoms with Crippen molar-refractivity contribution in [2.24, 2.45) is 0 Å². The zero-order chi connectivity index (χ0) is 11.3. The molecular formula is C10H16O3. The molecule has 0 heterocycles. The number of hydrogen-bond donors (Lipinski definition) is 1. The maximum atomic E-state index is 10.1. The monoisotopic (exact) mass is 184 g/mol. The maximum absolute atomic E-state index is 10.1. The molecule has 0 saturated heterocycles. The summed E-state index contributed by atoms with van der Waals surface area (Å²) in [5.41, 5.74) is 0.317. The second-order valence-corrected chi connectivity index (χ2v) is 2.01. The van der Waals surface area contributed by atoms with Crippen LogP contribution in [0.3, 0.4) is 0 Å². The molecule has 74 valence electrons. The SMILES string of the molecule is C=C.C=C(CCCC)C(=O)O.[C-]#[O+]. The van der Waals surface area contributed by atoms with Crippen molar-refractivity contribution in [2.75, 3.05) is 0 Å². The van der Waals surface area contributed by atoms with Crippen LogP contribution in [0.15, 0.2) is 25.3 Å². The Kier molecular flexibility index (Phi) is 23.1. The summed E-state index contributed by atoms with van der Waals surface area (Å²) in [5, 5.41) is 8.31. The van der Waals surface area contributed by atoms with Gasteiger partial charge in [0.1, 0.15) is 0 Å². The molecule has 3 heteroatoms. The van der Waals surface area contributed by atoms with Gasteiger partial charge in [0.15, 0.2) is 0 Å². The second-order valence-electron chi connectivity index (χ2n) is 2.01. The fraction of sp³-hybridized carbons (Fsp3) is 0.400. The van der Waals surface area contributed by atoms with Crippen molar-refractivity contribution in [2.45, 2.75) is 26.2 Å². The average Bonchev–Trinajstić information content (AvgIpc) is 2.20. The van der Waals surface area contributed by atoms with Crippen molar-refractivity contribution >= 4 is 5.97 Å². The summed E-state index contributed by atoms with van der Waals surface area (Å²) in [6.45, 7) is 15.9. The molecule has 0 rings (SSSR count). The van der Waals surface area contributed by atoms with E-state index in [0.717, 1.165) is 12.8 Å². The van der Waals surface area contributed by atoms with Crippen molar-refractivity contribution in [1.82, 2.24) is 0 Å². The number of carboxylic acids is 1. The summed E-state index contributed by atoms with van der Waals surface area (Å²) in [6.07, 6.45) is 2.56. The fourth-order valence-corrected chi connectivity index (χ4v) is 0.497. The predicted molar refractivity (Wildman–Crippen MR) is 51.5 cm³/mol. The first-order valence-electron chi connectivity index (χ1n) is 3.80. The summed E-state index contributed by atoms with van der Waals surface area (Å²) in [6, 6.07) is 0. The minimum absolute atomic E-state index is 0.317. The molecule has 0 spiro atoms. The predicted octanol–water partition coefficient (Wildman–Crippen LogP) is 2.58. The van der Waals surface area contributed by atoms with Gasteiger partial charge in [-0.25, -0.2) is 4.79 Å². The van der Waals surface area contributed by atoms with Gasteiger partial charge >= 0.3 is 17.3 Å². The van der Waals surface area contributed by atoms with E-state index in [2.05, 4.69) is 26.4 Å². The van der Waals surface area contributed by atoms with Gasteiger partial charge in [-0.2, -0.15) is 0 Å². The normalized spacial score (nSPS) is 6.69. The van der Waals surface area contributed by atoms with Gasteiger partial charge in [0.2, 0.25) is 0 Å². The van der Waals surface area contributed by atoms with E-state index in [0.29, 0.717) is 12.0 Å². The topological polar surface area (TPSA) is 57.2 Å². The van der Waals surface area contributed by atoms with Crippen LogP contribution in [-0.2, 0) is 9.45 Å². The molecule has 0 fully saturated rings. The van der Waals surface area contributed by atoms with E-state index in [1.165, 1.54) is 0 Å². The van der Waals surface area contributed by atoms with Crippen LogP contribution < -0.4 is 0 Å². The van der Waals surface area contributed by atoms with Crippen molar-refractivity contribution in [3.8, 4) is 0 Å². The first-order valence-corrected chi connectivity index (χ1v) is 3.80. The van der Waals surface area contributed by atoms with E-state index >= 15 is 0 Å². The summed E-state index contributed by atoms with van der Waals surface area (Å²) >= 11 is 0. The molecule has 0 unspecified atom stereocenters. The summed E-state index contributed by atoms with van der Waals surface area (Å²) in [5.74, 6) is -0.872. The molecule has 0 aromatic heterocycles. The zero-order valence-corrected chi connectivity index (χ0v) is 8.01. The van der Waals surface area contributed by atoms with Crippen LogP contribution in [0.2, 0.25) is 0 Å². The molecule has 0 saturated carbocycles. The van der Waals surface area contributed by atoms with E-state index < -0.39 is 5.97 Å². The average molecular weight is 184 g/mol. The Morgan fingerprint density at radius 2 is 1.85 bits per heavy atom. The Bertz CT molecular complexity index is 159. The quantitative estimate of drug-likeness (QED) is 0.316. The summed E-state index contributed by atoms with van der Waals surface area (Å²) in [7, 11) is 0. The van der Waals surface area contributed by atoms with Crippen LogP contribution in [0.25, 0.3) is 0 Å². The van der Waals surface area contributed by atoms with Crippen LogP contribution in [0.1, 0.15) is 26.2 Å². The van der Waals surface area contributed by atoms with Gasteiger partial charge in [0.05, 0.1) is 0 Å². The van der Waals surface area contributed by atoms with Crippen molar-refractivity contribution in [3.63, 3.8) is 0 Å². The van der Waals surface area contributed by atoms with Gasteiger partial charge in [0, 0.05) is 5.57 Å². The Morgan fingerprint density at radius 3 is 2.08 bits per heavy atom. The second kappa shape index (κ2) is 17.0. The summed E-state index contributed by atoms with van der Waals surface area (Å²) in [4.78, 5) is 10.1. The Hall–Kier alpha value is -1.31. The van der Waals surface area contributed by atoms with Crippen molar-refractivity contribution in [1.29, 1.82) is 0 Å². The first kappa shape index (κ1) is 17.7. The Balaban J connectivity index is -0.000000218. The minimum atomic E-state index is -0.872. The standard InChI is InChI=1S/C7H12O2.C2H4.CO/c1-3-4-5-6(2)7(8)9;2*1-2/h2-5H2,1H3,(H,8,9);1-2H2;. The molecule has 0 aromatic rings. The zero-order valence-electron chi connectivity index (χ0n) is 8.01. The molecule has 0 aliphatic rings. The van der Waals surface area contributed by atoms with E-state index in [1.54, 1.807) is 0 Å². The van der Waals surface area contributed by atoms with Crippen LogP contribution in [0.5, 0.6) is 0 Å². The molecule has 0 aromatic carbocycles. The van der Waals surface area contributed by atoms with Crippen LogP contribution in [0.4, 0.5) is 0 Å². The van der Waals surface area contributed by atoms with Gasteiger partial charge in [-0.1, -0.05) is 19.9 Å².